The summed E-state index contributed by atoms with van der Waals surface area (Å²) in [5.41, 5.74) is 0.843. The monoisotopic (exact) mass is 217 g/mol. The topological polar surface area (TPSA) is 79.6 Å². The zero-order chi connectivity index (χ0) is 11.5. The van der Waals surface area contributed by atoms with Crippen LogP contribution in [0.4, 0.5) is 0 Å². The van der Waals surface area contributed by atoms with E-state index in [1.54, 1.807) is 6.07 Å². The average Bonchev–Trinajstić information content (AvgIpc) is 2.71. The fourth-order valence-electron chi connectivity index (χ4n) is 1.35. The summed E-state index contributed by atoms with van der Waals surface area (Å²) in [6.07, 6.45) is 2.32. The Balaban J connectivity index is 2.45. The molecule has 5 heteroatoms. The number of carbonyl (C=O) groups is 1. The maximum atomic E-state index is 10.4. The van der Waals surface area contributed by atoms with Gasteiger partial charge in [-0.25, -0.2) is 4.79 Å². The van der Waals surface area contributed by atoms with E-state index in [0.29, 0.717) is 22.6 Å². The first-order valence-corrected chi connectivity index (χ1v) is 4.45. The molecule has 0 amide bonds. The Morgan fingerprint density at radius 1 is 1.44 bits per heavy atom. The highest BCUT2D eigenvalue weighted by Gasteiger charge is 2.16. The molecule has 0 aliphatic carbocycles. The van der Waals surface area contributed by atoms with Crippen LogP contribution in [0, 0.1) is 11.3 Å². The summed E-state index contributed by atoms with van der Waals surface area (Å²) in [5.74, 6) is -0.0466. The van der Waals surface area contributed by atoms with Gasteiger partial charge in [0.25, 0.3) is 0 Å². The normalized spacial score (nSPS) is 12.7. The molecule has 0 fully saturated rings. The van der Waals surface area contributed by atoms with Gasteiger partial charge in [-0.05, 0) is 17.7 Å². The molecule has 80 valence electrons. The molecule has 0 bridgehead atoms. The highest BCUT2D eigenvalue weighted by Crippen LogP contribution is 2.34. The van der Waals surface area contributed by atoms with Gasteiger partial charge in [-0.3, -0.25) is 0 Å². The largest absolute Gasteiger partial charge is 0.478 e. The number of benzene rings is 1. The first kappa shape index (κ1) is 10.1. The Bertz CT molecular complexity index is 513. The van der Waals surface area contributed by atoms with Crippen LogP contribution in [0.15, 0.2) is 18.2 Å². The second-order valence-corrected chi connectivity index (χ2v) is 3.08. The molecule has 1 aromatic carbocycles. The number of hydrogen-bond donors (Lipinski definition) is 1. The van der Waals surface area contributed by atoms with E-state index >= 15 is 0 Å². The van der Waals surface area contributed by atoms with Gasteiger partial charge >= 0.3 is 5.97 Å². The van der Waals surface area contributed by atoms with E-state index in [0.717, 1.165) is 6.08 Å². The minimum absolute atomic E-state index is 0.117. The van der Waals surface area contributed by atoms with Crippen molar-refractivity contribution in [2.24, 2.45) is 0 Å². The predicted octanol–water partition coefficient (Wildman–Crippen LogP) is 1.38. The average molecular weight is 217 g/mol. The third kappa shape index (κ3) is 1.81. The summed E-state index contributed by atoms with van der Waals surface area (Å²) >= 11 is 0. The maximum absolute atomic E-state index is 10.4. The standard InChI is InChI=1S/C11H7NO4/c12-5-8-4-10-9(15-6-16-10)3-7(8)1-2-11(13)14/h1-4H,6H2,(H,13,14)/b2-1+. The van der Waals surface area contributed by atoms with Crippen LogP contribution in [0.1, 0.15) is 11.1 Å². The van der Waals surface area contributed by atoms with Crippen molar-refractivity contribution >= 4 is 12.0 Å². The van der Waals surface area contributed by atoms with Gasteiger partial charge in [-0.1, -0.05) is 0 Å². The lowest BCUT2D eigenvalue weighted by atomic mass is 10.1. The van der Waals surface area contributed by atoms with Gasteiger partial charge in [0, 0.05) is 12.1 Å². The van der Waals surface area contributed by atoms with Gasteiger partial charge in [0.2, 0.25) is 6.79 Å². The molecule has 1 aliphatic rings. The van der Waals surface area contributed by atoms with Gasteiger partial charge < -0.3 is 14.6 Å². The van der Waals surface area contributed by atoms with E-state index in [2.05, 4.69) is 0 Å². The Morgan fingerprint density at radius 2 is 2.12 bits per heavy atom. The third-order valence-corrected chi connectivity index (χ3v) is 2.07. The number of fused-ring (bicyclic) bond motifs is 1. The summed E-state index contributed by atoms with van der Waals surface area (Å²) in [7, 11) is 0. The quantitative estimate of drug-likeness (QED) is 0.757. The number of ether oxygens (including phenoxy) is 2. The maximum Gasteiger partial charge on any atom is 0.328 e. The molecule has 0 unspecified atom stereocenters. The number of carboxylic acid groups (broad SMARTS) is 1. The number of rotatable bonds is 2. The second kappa shape index (κ2) is 3.95. The number of carboxylic acids is 1. The molecule has 0 spiro atoms. The highest BCUT2D eigenvalue weighted by atomic mass is 16.7. The molecule has 1 aliphatic heterocycles. The molecule has 2 rings (SSSR count). The van der Waals surface area contributed by atoms with E-state index < -0.39 is 5.97 Å². The summed E-state index contributed by atoms with van der Waals surface area (Å²) in [6, 6.07) is 5.08. The Kier molecular flexibility index (Phi) is 2.48. The lowest BCUT2D eigenvalue weighted by molar-refractivity contribution is -0.131. The van der Waals surface area contributed by atoms with E-state index in [1.165, 1.54) is 12.1 Å². The van der Waals surface area contributed by atoms with E-state index in [1.807, 2.05) is 6.07 Å². The van der Waals surface area contributed by atoms with Crippen LogP contribution in [0.5, 0.6) is 11.5 Å². The fraction of sp³-hybridized carbons (Fsp3) is 0.0909. The van der Waals surface area contributed by atoms with Gasteiger partial charge in [0.1, 0.15) is 0 Å². The van der Waals surface area contributed by atoms with Crippen LogP contribution in [-0.2, 0) is 4.79 Å². The lowest BCUT2D eigenvalue weighted by Gasteiger charge is -2.00. The Morgan fingerprint density at radius 3 is 2.75 bits per heavy atom. The van der Waals surface area contributed by atoms with Crippen LogP contribution in [0.2, 0.25) is 0 Å². The summed E-state index contributed by atoms with van der Waals surface area (Å²) in [4.78, 5) is 10.4. The summed E-state index contributed by atoms with van der Waals surface area (Å²) in [5, 5.41) is 17.4. The third-order valence-electron chi connectivity index (χ3n) is 2.07. The molecule has 0 aromatic heterocycles. The predicted molar refractivity (Wildman–Crippen MR) is 53.9 cm³/mol. The fourth-order valence-corrected chi connectivity index (χ4v) is 1.35. The second-order valence-electron chi connectivity index (χ2n) is 3.08. The highest BCUT2D eigenvalue weighted by molar-refractivity contribution is 5.86. The van der Waals surface area contributed by atoms with Gasteiger partial charge in [-0.2, -0.15) is 5.26 Å². The molecule has 0 radical (unpaired) electrons. The van der Waals surface area contributed by atoms with Crippen molar-refractivity contribution in [1.82, 2.24) is 0 Å². The first-order chi connectivity index (χ1) is 7.70. The molecule has 16 heavy (non-hydrogen) atoms. The van der Waals surface area contributed by atoms with Gasteiger partial charge in [-0.15, -0.1) is 0 Å². The van der Waals surface area contributed by atoms with Crippen molar-refractivity contribution in [2.45, 2.75) is 0 Å². The van der Waals surface area contributed by atoms with Crippen molar-refractivity contribution in [2.75, 3.05) is 6.79 Å². The van der Waals surface area contributed by atoms with Gasteiger partial charge in [0.05, 0.1) is 11.6 Å². The number of hydrogen-bond acceptors (Lipinski definition) is 4. The van der Waals surface area contributed by atoms with Crippen LogP contribution in [0.3, 0.4) is 0 Å². The van der Waals surface area contributed by atoms with E-state index in [-0.39, 0.29) is 6.79 Å². The smallest absolute Gasteiger partial charge is 0.328 e. The van der Waals surface area contributed by atoms with Crippen LogP contribution in [-0.4, -0.2) is 17.9 Å². The zero-order valence-corrected chi connectivity index (χ0v) is 8.14. The molecule has 0 saturated carbocycles. The number of nitriles is 1. The van der Waals surface area contributed by atoms with Crippen LogP contribution < -0.4 is 9.47 Å². The van der Waals surface area contributed by atoms with Crippen molar-refractivity contribution in [3.8, 4) is 17.6 Å². The van der Waals surface area contributed by atoms with Crippen molar-refractivity contribution in [3.63, 3.8) is 0 Å². The van der Waals surface area contributed by atoms with Crippen LogP contribution in [0.25, 0.3) is 6.08 Å². The summed E-state index contributed by atoms with van der Waals surface area (Å²) in [6.45, 7) is 0.117. The molecular weight excluding hydrogens is 210 g/mol. The lowest BCUT2D eigenvalue weighted by Crippen LogP contribution is -1.92. The van der Waals surface area contributed by atoms with E-state index in [4.69, 9.17) is 19.8 Å². The molecule has 5 nitrogen and oxygen atoms in total. The molecule has 1 aromatic rings. The van der Waals surface area contributed by atoms with Crippen molar-refractivity contribution in [3.05, 3.63) is 29.3 Å². The summed E-state index contributed by atoms with van der Waals surface area (Å²) < 4.78 is 10.2. The number of nitrogens with zero attached hydrogens (tertiary/aromatic N) is 1. The van der Waals surface area contributed by atoms with Crippen LogP contribution >= 0.6 is 0 Å². The molecule has 1 heterocycles. The SMILES string of the molecule is N#Cc1cc2c(cc1/C=C/C(=O)O)OCO2. The van der Waals surface area contributed by atoms with Crippen molar-refractivity contribution < 1.29 is 19.4 Å². The Labute approximate surface area is 91.1 Å². The van der Waals surface area contributed by atoms with Gasteiger partial charge in [0.15, 0.2) is 11.5 Å². The zero-order valence-electron chi connectivity index (χ0n) is 8.14. The molecular formula is C11H7NO4. The minimum Gasteiger partial charge on any atom is -0.478 e. The van der Waals surface area contributed by atoms with Crippen molar-refractivity contribution in [1.29, 1.82) is 5.26 Å². The molecule has 1 N–H and O–H groups in total. The number of aliphatic carboxylic acids is 1. The molecule has 0 atom stereocenters. The first-order valence-electron chi connectivity index (χ1n) is 4.45. The Hall–Kier alpha value is -2.48. The minimum atomic E-state index is -1.07. The van der Waals surface area contributed by atoms with E-state index in [9.17, 15) is 4.79 Å². The molecule has 0 saturated heterocycles.